The van der Waals surface area contributed by atoms with Crippen molar-refractivity contribution in [2.75, 3.05) is 4.90 Å². The lowest BCUT2D eigenvalue weighted by molar-refractivity contribution is 0.622. The largest absolute Gasteiger partial charge is 0.350 e. The van der Waals surface area contributed by atoms with E-state index in [4.69, 9.17) is 10.7 Å². The molecule has 1 aliphatic heterocycles. The van der Waals surface area contributed by atoms with Crippen LogP contribution in [0, 0.1) is 0 Å². The van der Waals surface area contributed by atoms with Crippen LogP contribution in [0.5, 0.6) is 0 Å². The molecule has 3 rings (SSSR count). The summed E-state index contributed by atoms with van der Waals surface area (Å²) in [6.45, 7) is 5.07. The van der Waals surface area contributed by atoms with E-state index >= 15 is 0 Å². The van der Waals surface area contributed by atoms with Gasteiger partial charge in [-0.25, -0.2) is 4.98 Å². The summed E-state index contributed by atoms with van der Waals surface area (Å²) in [4.78, 5) is 7.37. The molecule has 20 heavy (non-hydrogen) atoms. The highest BCUT2D eigenvalue weighted by molar-refractivity contribution is 5.93. The van der Waals surface area contributed by atoms with Gasteiger partial charge in [-0.15, -0.1) is 0 Å². The number of pyridine rings is 1. The summed E-state index contributed by atoms with van der Waals surface area (Å²) in [5.41, 5.74) is 6.81. The second kappa shape index (κ2) is 5.41. The van der Waals surface area contributed by atoms with Crippen molar-refractivity contribution >= 4 is 16.6 Å². The van der Waals surface area contributed by atoms with Crippen molar-refractivity contribution in [2.45, 2.75) is 51.7 Å². The van der Waals surface area contributed by atoms with Gasteiger partial charge in [-0.2, -0.15) is 0 Å². The fraction of sp³-hybridized carbons (Fsp3) is 0.471. The highest BCUT2D eigenvalue weighted by Gasteiger charge is 2.31. The van der Waals surface area contributed by atoms with E-state index < -0.39 is 0 Å². The van der Waals surface area contributed by atoms with E-state index in [0.717, 1.165) is 11.5 Å². The SMILES string of the molecule is CCC1CCC(C)N1c1nc(CN)cc2ccccc12. The molecule has 0 bridgehead atoms. The maximum Gasteiger partial charge on any atom is 0.137 e. The summed E-state index contributed by atoms with van der Waals surface area (Å²) in [5, 5.41) is 2.49. The monoisotopic (exact) mass is 269 g/mol. The molecule has 2 unspecified atom stereocenters. The molecular formula is C17H23N3. The molecule has 0 saturated carbocycles. The summed E-state index contributed by atoms with van der Waals surface area (Å²) < 4.78 is 0. The number of fused-ring (bicyclic) bond motifs is 1. The Kier molecular flexibility index (Phi) is 3.62. The summed E-state index contributed by atoms with van der Waals surface area (Å²) in [6, 6.07) is 11.8. The zero-order valence-corrected chi connectivity index (χ0v) is 12.3. The van der Waals surface area contributed by atoms with Gasteiger partial charge < -0.3 is 10.6 Å². The van der Waals surface area contributed by atoms with Gasteiger partial charge in [-0.3, -0.25) is 0 Å². The Balaban J connectivity index is 2.18. The number of aromatic nitrogens is 1. The Morgan fingerprint density at radius 2 is 2.10 bits per heavy atom. The van der Waals surface area contributed by atoms with E-state index in [0.29, 0.717) is 18.6 Å². The summed E-state index contributed by atoms with van der Waals surface area (Å²) >= 11 is 0. The summed E-state index contributed by atoms with van der Waals surface area (Å²) in [6.07, 6.45) is 3.69. The van der Waals surface area contributed by atoms with Gasteiger partial charge >= 0.3 is 0 Å². The van der Waals surface area contributed by atoms with Crippen LogP contribution >= 0.6 is 0 Å². The van der Waals surface area contributed by atoms with Gasteiger partial charge in [-0.05, 0) is 37.6 Å². The van der Waals surface area contributed by atoms with E-state index in [1.54, 1.807) is 0 Å². The molecule has 0 radical (unpaired) electrons. The second-order valence-corrected chi connectivity index (χ2v) is 5.76. The molecule has 3 heteroatoms. The van der Waals surface area contributed by atoms with E-state index in [1.165, 1.54) is 30.0 Å². The molecule has 0 aliphatic carbocycles. The minimum Gasteiger partial charge on any atom is -0.350 e. The first-order valence-corrected chi connectivity index (χ1v) is 7.61. The zero-order valence-electron chi connectivity index (χ0n) is 12.3. The Hall–Kier alpha value is -1.61. The molecule has 2 aromatic rings. The topological polar surface area (TPSA) is 42.2 Å². The van der Waals surface area contributed by atoms with Gasteiger partial charge in [0.15, 0.2) is 0 Å². The van der Waals surface area contributed by atoms with E-state index in [-0.39, 0.29) is 0 Å². The van der Waals surface area contributed by atoms with Gasteiger partial charge in [0, 0.05) is 24.0 Å². The highest BCUT2D eigenvalue weighted by atomic mass is 15.3. The van der Waals surface area contributed by atoms with Gasteiger partial charge in [0.05, 0.1) is 5.69 Å². The molecule has 3 nitrogen and oxygen atoms in total. The van der Waals surface area contributed by atoms with Gasteiger partial charge in [0.25, 0.3) is 0 Å². The van der Waals surface area contributed by atoms with Gasteiger partial charge in [0.2, 0.25) is 0 Å². The predicted molar refractivity (Wildman–Crippen MR) is 84.9 cm³/mol. The minimum absolute atomic E-state index is 0.497. The molecule has 0 amide bonds. The standard InChI is InChI=1S/C17H23N3/c1-3-15-9-8-12(2)20(15)17-16-7-5-4-6-13(16)10-14(11-18)19-17/h4-7,10,12,15H,3,8-9,11,18H2,1-2H3. The third-order valence-electron chi connectivity index (χ3n) is 4.48. The van der Waals surface area contributed by atoms with Crippen molar-refractivity contribution in [3.63, 3.8) is 0 Å². The number of hydrogen-bond donors (Lipinski definition) is 1. The normalized spacial score (nSPS) is 22.6. The van der Waals surface area contributed by atoms with E-state index in [9.17, 15) is 0 Å². The quantitative estimate of drug-likeness (QED) is 0.928. The van der Waals surface area contributed by atoms with Crippen molar-refractivity contribution in [3.8, 4) is 0 Å². The van der Waals surface area contributed by atoms with Crippen molar-refractivity contribution < 1.29 is 0 Å². The Bertz CT molecular complexity index is 608. The first-order valence-electron chi connectivity index (χ1n) is 7.61. The molecule has 1 aromatic heterocycles. The predicted octanol–water partition coefficient (Wildman–Crippen LogP) is 3.46. The number of anilines is 1. The molecule has 106 valence electrons. The Labute approximate surface area is 120 Å². The Morgan fingerprint density at radius 1 is 1.30 bits per heavy atom. The lowest BCUT2D eigenvalue weighted by Crippen LogP contribution is -2.35. The maximum absolute atomic E-state index is 5.83. The van der Waals surface area contributed by atoms with Crippen LogP contribution in [0.15, 0.2) is 30.3 Å². The third-order valence-corrected chi connectivity index (χ3v) is 4.48. The van der Waals surface area contributed by atoms with Crippen LogP contribution in [-0.4, -0.2) is 17.1 Å². The van der Waals surface area contributed by atoms with Crippen LogP contribution in [0.4, 0.5) is 5.82 Å². The first kappa shape index (κ1) is 13.4. The molecule has 1 aromatic carbocycles. The molecule has 1 saturated heterocycles. The van der Waals surface area contributed by atoms with Crippen LogP contribution in [-0.2, 0) is 6.54 Å². The van der Waals surface area contributed by atoms with Crippen molar-refractivity contribution in [3.05, 3.63) is 36.0 Å². The first-order chi connectivity index (χ1) is 9.74. The average molecular weight is 269 g/mol. The number of rotatable bonds is 3. The van der Waals surface area contributed by atoms with Crippen LogP contribution < -0.4 is 10.6 Å². The molecule has 0 spiro atoms. The highest BCUT2D eigenvalue weighted by Crippen LogP contribution is 2.35. The van der Waals surface area contributed by atoms with Crippen LogP contribution in [0.2, 0.25) is 0 Å². The van der Waals surface area contributed by atoms with Crippen LogP contribution in [0.25, 0.3) is 10.8 Å². The molecule has 1 aliphatic rings. The van der Waals surface area contributed by atoms with E-state index in [1.807, 2.05) is 0 Å². The summed E-state index contributed by atoms with van der Waals surface area (Å²) in [5.74, 6) is 1.13. The zero-order chi connectivity index (χ0) is 14.1. The molecule has 2 atom stereocenters. The van der Waals surface area contributed by atoms with Crippen molar-refractivity contribution in [1.82, 2.24) is 4.98 Å². The fourth-order valence-corrected chi connectivity index (χ4v) is 3.39. The van der Waals surface area contributed by atoms with Crippen LogP contribution in [0.1, 0.15) is 38.8 Å². The molecule has 1 fully saturated rings. The number of hydrogen-bond acceptors (Lipinski definition) is 3. The van der Waals surface area contributed by atoms with Crippen LogP contribution in [0.3, 0.4) is 0 Å². The number of benzene rings is 1. The smallest absolute Gasteiger partial charge is 0.137 e. The van der Waals surface area contributed by atoms with Gasteiger partial charge in [-0.1, -0.05) is 31.2 Å². The van der Waals surface area contributed by atoms with Gasteiger partial charge in [0.1, 0.15) is 5.82 Å². The Morgan fingerprint density at radius 3 is 2.85 bits per heavy atom. The number of nitrogens with two attached hydrogens (primary N) is 1. The summed E-state index contributed by atoms with van der Waals surface area (Å²) in [7, 11) is 0. The van der Waals surface area contributed by atoms with E-state index in [2.05, 4.69) is 49.1 Å². The lowest BCUT2D eigenvalue weighted by Gasteiger charge is -2.30. The van der Waals surface area contributed by atoms with Crippen molar-refractivity contribution in [2.24, 2.45) is 5.73 Å². The average Bonchev–Trinajstić information content (AvgIpc) is 2.86. The lowest BCUT2D eigenvalue weighted by atomic mass is 10.1. The molecular weight excluding hydrogens is 246 g/mol. The second-order valence-electron chi connectivity index (χ2n) is 5.76. The fourth-order valence-electron chi connectivity index (χ4n) is 3.39. The third kappa shape index (κ3) is 2.16. The molecule has 2 heterocycles. The van der Waals surface area contributed by atoms with Crippen molar-refractivity contribution in [1.29, 1.82) is 0 Å². The number of nitrogens with zero attached hydrogens (tertiary/aromatic N) is 2. The minimum atomic E-state index is 0.497. The molecule has 2 N–H and O–H groups in total. The maximum atomic E-state index is 5.83.